The maximum Gasteiger partial charge on any atom is 0.211 e. The fraction of sp³-hybridized carbons (Fsp3) is 0.0625. The first-order valence-electron chi connectivity index (χ1n) is 6.79. The molecule has 3 heterocycles. The number of hydrogen-bond donors (Lipinski definition) is 0. The van der Waals surface area contributed by atoms with Crippen molar-refractivity contribution in [3.63, 3.8) is 0 Å². The molecule has 2 aromatic heterocycles. The number of ketones is 1. The molecule has 3 aromatic rings. The minimum Gasteiger partial charge on any atom is -0.342 e. The summed E-state index contributed by atoms with van der Waals surface area (Å²) in [6.07, 6.45) is 5.49. The van der Waals surface area contributed by atoms with E-state index in [4.69, 9.17) is 11.6 Å². The van der Waals surface area contributed by atoms with Gasteiger partial charge in [0.1, 0.15) is 5.70 Å². The van der Waals surface area contributed by atoms with Crippen molar-refractivity contribution in [1.29, 1.82) is 0 Å². The normalized spacial score (nSPS) is 13.0. The average molecular weight is 311 g/mol. The number of carbonyl (C=O) groups is 1. The van der Waals surface area contributed by atoms with Crippen LogP contribution in [-0.2, 0) is 6.54 Å². The molecule has 6 heteroatoms. The van der Waals surface area contributed by atoms with Gasteiger partial charge in [-0.3, -0.25) is 4.79 Å². The molecule has 0 bridgehead atoms. The van der Waals surface area contributed by atoms with E-state index in [0.29, 0.717) is 22.8 Å². The van der Waals surface area contributed by atoms with Crippen LogP contribution in [0.25, 0.3) is 11.8 Å². The summed E-state index contributed by atoms with van der Waals surface area (Å²) < 4.78 is 3.65. The molecule has 1 aromatic carbocycles. The maximum absolute atomic E-state index is 12.8. The Balaban J connectivity index is 1.86. The first-order valence-corrected chi connectivity index (χ1v) is 7.17. The van der Waals surface area contributed by atoms with Crippen LogP contribution in [0, 0.1) is 0 Å². The first-order chi connectivity index (χ1) is 10.7. The van der Waals surface area contributed by atoms with Crippen molar-refractivity contribution >= 4 is 29.2 Å². The standard InChI is InChI=1S/C16H11ClN4O/c17-12-5-3-11(4-6-12)16(22)15-8-13-2-1-7-20(13)10-14-9-18-19-21(14)15/h1-9H,10H2. The summed E-state index contributed by atoms with van der Waals surface area (Å²) >= 11 is 5.89. The van der Waals surface area contributed by atoms with E-state index in [2.05, 4.69) is 14.9 Å². The fourth-order valence-electron chi connectivity index (χ4n) is 2.56. The molecule has 5 nitrogen and oxygen atoms in total. The Bertz CT molecular complexity index is 889. The number of allylic oxidation sites excluding steroid dienone is 1. The van der Waals surface area contributed by atoms with Crippen LogP contribution in [0.3, 0.4) is 0 Å². The predicted octanol–water partition coefficient (Wildman–Crippen LogP) is 2.98. The van der Waals surface area contributed by atoms with Crippen molar-refractivity contribution in [2.45, 2.75) is 6.54 Å². The Hall–Kier alpha value is -2.66. The van der Waals surface area contributed by atoms with Crippen molar-refractivity contribution in [1.82, 2.24) is 19.6 Å². The van der Waals surface area contributed by atoms with Gasteiger partial charge in [-0.2, -0.15) is 0 Å². The number of fused-ring (bicyclic) bond motifs is 2. The van der Waals surface area contributed by atoms with Crippen LogP contribution < -0.4 is 0 Å². The van der Waals surface area contributed by atoms with Crippen molar-refractivity contribution in [3.8, 4) is 0 Å². The second kappa shape index (κ2) is 4.96. The third-order valence-electron chi connectivity index (χ3n) is 3.67. The fourth-order valence-corrected chi connectivity index (χ4v) is 2.68. The zero-order chi connectivity index (χ0) is 15.1. The topological polar surface area (TPSA) is 52.7 Å². The highest BCUT2D eigenvalue weighted by Gasteiger charge is 2.21. The van der Waals surface area contributed by atoms with Gasteiger partial charge in [0, 0.05) is 22.5 Å². The Kier molecular flexibility index (Phi) is 2.94. The van der Waals surface area contributed by atoms with Gasteiger partial charge in [-0.1, -0.05) is 16.8 Å². The van der Waals surface area contributed by atoms with Crippen molar-refractivity contribution in [2.75, 3.05) is 0 Å². The van der Waals surface area contributed by atoms with Gasteiger partial charge >= 0.3 is 0 Å². The molecule has 22 heavy (non-hydrogen) atoms. The first kappa shape index (κ1) is 13.0. The highest BCUT2D eigenvalue weighted by atomic mass is 35.5. The quantitative estimate of drug-likeness (QED) is 0.684. The third-order valence-corrected chi connectivity index (χ3v) is 3.92. The summed E-state index contributed by atoms with van der Waals surface area (Å²) in [5, 5.41) is 8.59. The Morgan fingerprint density at radius 2 is 2.00 bits per heavy atom. The van der Waals surface area contributed by atoms with Gasteiger partial charge in [0.05, 0.1) is 18.4 Å². The minimum atomic E-state index is -0.113. The molecule has 0 saturated carbocycles. The molecule has 108 valence electrons. The van der Waals surface area contributed by atoms with E-state index in [1.54, 1.807) is 35.1 Å². The lowest BCUT2D eigenvalue weighted by atomic mass is 10.1. The number of benzene rings is 1. The van der Waals surface area contributed by atoms with Crippen LogP contribution >= 0.6 is 11.6 Å². The van der Waals surface area contributed by atoms with Gasteiger partial charge in [-0.25, -0.2) is 4.68 Å². The molecule has 1 aliphatic heterocycles. The second-order valence-corrected chi connectivity index (χ2v) is 5.50. The SMILES string of the molecule is O=C(C1=Cc2cccn2Cc2cnnn21)c1ccc(Cl)cc1. The monoisotopic (exact) mass is 310 g/mol. The Morgan fingerprint density at radius 3 is 2.82 bits per heavy atom. The molecule has 0 N–H and O–H groups in total. The van der Waals surface area contributed by atoms with Crippen LogP contribution in [0.1, 0.15) is 21.7 Å². The van der Waals surface area contributed by atoms with E-state index in [9.17, 15) is 4.79 Å². The van der Waals surface area contributed by atoms with Gasteiger partial charge in [0.15, 0.2) is 0 Å². The van der Waals surface area contributed by atoms with Crippen molar-refractivity contribution in [2.24, 2.45) is 0 Å². The van der Waals surface area contributed by atoms with Crippen LogP contribution in [0.2, 0.25) is 5.02 Å². The average Bonchev–Trinajstić information content (AvgIpc) is 3.13. The number of rotatable bonds is 2. The predicted molar refractivity (Wildman–Crippen MR) is 83.5 cm³/mol. The van der Waals surface area contributed by atoms with Gasteiger partial charge in [-0.05, 0) is 42.5 Å². The molecule has 0 aliphatic carbocycles. The molecule has 0 atom stereocenters. The smallest absolute Gasteiger partial charge is 0.211 e. The van der Waals surface area contributed by atoms with Crippen molar-refractivity contribution in [3.05, 3.63) is 70.8 Å². The zero-order valence-electron chi connectivity index (χ0n) is 11.5. The van der Waals surface area contributed by atoms with E-state index in [-0.39, 0.29) is 5.78 Å². The second-order valence-electron chi connectivity index (χ2n) is 5.06. The van der Waals surface area contributed by atoms with E-state index in [1.165, 1.54) is 0 Å². The lowest BCUT2D eigenvalue weighted by Crippen LogP contribution is -2.12. The van der Waals surface area contributed by atoms with Gasteiger partial charge < -0.3 is 4.57 Å². The molecule has 0 saturated heterocycles. The number of Topliss-reactive ketones (excluding diaryl/α,β-unsaturated/α-hetero) is 1. The van der Waals surface area contributed by atoms with Crippen LogP contribution in [0.4, 0.5) is 0 Å². The molecule has 0 spiro atoms. The molecule has 0 radical (unpaired) electrons. The van der Waals surface area contributed by atoms with Crippen LogP contribution in [0.5, 0.6) is 0 Å². The highest BCUT2D eigenvalue weighted by molar-refractivity contribution is 6.31. The highest BCUT2D eigenvalue weighted by Crippen LogP contribution is 2.23. The largest absolute Gasteiger partial charge is 0.342 e. The number of hydrogen-bond acceptors (Lipinski definition) is 3. The Morgan fingerprint density at radius 1 is 1.18 bits per heavy atom. The summed E-state index contributed by atoms with van der Waals surface area (Å²) in [5.74, 6) is -0.113. The molecule has 0 unspecified atom stereocenters. The Labute approximate surface area is 131 Å². The molecular formula is C16H11ClN4O. The number of carbonyl (C=O) groups excluding carboxylic acids is 1. The summed E-state index contributed by atoms with van der Waals surface area (Å²) in [5.41, 5.74) is 2.87. The molecule has 0 fully saturated rings. The van der Waals surface area contributed by atoms with Gasteiger partial charge in [-0.15, -0.1) is 5.10 Å². The molecular weight excluding hydrogens is 300 g/mol. The van der Waals surface area contributed by atoms with E-state index < -0.39 is 0 Å². The molecule has 4 rings (SSSR count). The number of halogens is 1. The van der Waals surface area contributed by atoms with Crippen LogP contribution in [0.15, 0.2) is 48.8 Å². The summed E-state index contributed by atoms with van der Waals surface area (Å²) in [4.78, 5) is 12.8. The lowest BCUT2D eigenvalue weighted by molar-refractivity contribution is 0.105. The number of nitrogens with zero attached hydrogens (tertiary/aromatic N) is 4. The van der Waals surface area contributed by atoms with Crippen LogP contribution in [-0.4, -0.2) is 25.3 Å². The summed E-state index contributed by atoms with van der Waals surface area (Å²) in [6.45, 7) is 0.628. The molecule has 0 amide bonds. The number of aromatic nitrogens is 4. The third kappa shape index (κ3) is 2.07. The maximum atomic E-state index is 12.8. The van der Waals surface area contributed by atoms with Gasteiger partial charge in [0.2, 0.25) is 5.78 Å². The van der Waals surface area contributed by atoms with E-state index in [1.807, 2.05) is 24.4 Å². The zero-order valence-corrected chi connectivity index (χ0v) is 12.2. The lowest BCUT2D eigenvalue weighted by Gasteiger charge is -2.07. The van der Waals surface area contributed by atoms with Crippen molar-refractivity contribution < 1.29 is 4.79 Å². The summed E-state index contributed by atoms with van der Waals surface area (Å²) in [7, 11) is 0. The minimum absolute atomic E-state index is 0.113. The summed E-state index contributed by atoms with van der Waals surface area (Å²) in [6, 6.07) is 10.8. The van der Waals surface area contributed by atoms with Gasteiger partial charge in [0.25, 0.3) is 0 Å². The molecule has 1 aliphatic rings. The van der Waals surface area contributed by atoms with E-state index >= 15 is 0 Å². The van der Waals surface area contributed by atoms with E-state index in [0.717, 1.165) is 11.4 Å².